The van der Waals surface area contributed by atoms with Crippen LogP contribution in [0.4, 0.5) is 4.39 Å². The molecule has 2 rings (SSSR count). The molecule has 0 spiro atoms. The van der Waals surface area contributed by atoms with E-state index in [-0.39, 0.29) is 18.1 Å². The van der Waals surface area contributed by atoms with E-state index < -0.39 is 5.82 Å². The lowest BCUT2D eigenvalue weighted by Crippen LogP contribution is -2.26. The molecule has 6 heteroatoms. The van der Waals surface area contributed by atoms with Crippen LogP contribution in [-0.4, -0.2) is 26.2 Å². The fraction of sp³-hybridized carbons (Fsp3) is 0.235. The van der Waals surface area contributed by atoms with Crippen molar-refractivity contribution in [2.75, 3.05) is 20.3 Å². The molecule has 2 aromatic carbocycles. The highest BCUT2D eigenvalue weighted by Crippen LogP contribution is 2.22. The van der Waals surface area contributed by atoms with E-state index >= 15 is 0 Å². The van der Waals surface area contributed by atoms with Gasteiger partial charge in [-0.15, -0.1) is 0 Å². The summed E-state index contributed by atoms with van der Waals surface area (Å²) in [6.07, 6.45) is 0. The molecule has 1 N–H and O–H groups in total. The molecule has 0 heterocycles. The summed E-state index contributed by atoms with van der Waals surface area (Å²) in [5.74, 6) is -0.189. The predicted octanol–water partition coefficient (Wildman–Crippen LogP) is 3.43. The van der Waals surface area contributed by atoms with Crippen molar-refractivity contribution in [3.8, 4) is 5.75 Å². The van der Waals surface area contributed by atoms with E-state index in [1.165, 1.54) is 12.1 Å². The average Bonchev–Trinajstić information content (AvgIpc) is 2.55. The summed E-state index contributed by atoms with van der Waals surface area (Å²) in [5.41, 5.74) is 0.738. The Bertz CT molecular complexity index is 658. The molecule has 0 unspecified atom stereocenters. The van der Waals surface area contributed by atoms with Crippen molar-refractivity contribution in [1.82, 2.24) is 5.32 Å². The Hall–Kier alpha value is -2.11. The third kappa shape index (κ3) is 4.94. The summed E-state index contributed by atoms with van der Waals surface area (Å²) < 4.78 is 24.1. The molecule has 0 fully saturated rings. The van der Waals surface area contributed by atoms with Gasteiger partial charge in [0.15, 0.2) is 0 Å². The fourth-order valence-corrected chi connectivity index (χ4v) is 2.14. The van der Waals surface area contributed by atoms with Crippen LogP contribution in [0, 0.1) is 5.82 Å². The second-order valence-electron chi connectivity index (χ2n) is 4.77. The average molecular weight is 338 g/mol. The van der Waals surface area contributed by atoms with Gasteiger partial charge in [-0.2, -0.15) is 0 Å². The quantitative estimate of drug-likeness (QED) is 0.787. The molecule has 2 aromatic rings. The zero-order valence-electron chi connectivity index (χ0n) is 12.6. The van der Waals surface area contributed by atoms with Gasteiger partial charge in [-0.05, 0) is 30.3 Å². The van der Waals surface area contributed by atoms with Crippen LogP contribution in [0.25, 0.3) is 0 Å². The number of amides is 1. The van der Waals surface area contributed by atoms with Gasteiger partial charge >= 0.3 is 0 Å². The minimum Gasteiger partial charge on any atom is -0.489 e. The first kappa shape index (κ1) is 17.2. The Morgan fingerprint density at radius 1 is 1.26 bits per heavy atom. The topological polar surface area (TPSA) is 47.6 Å². The van der Waals surface area contributed by atoms with Crippen LogP contribution in [-0.2, 0) is 11.3 Å². The number of ether oxygens (including phenoxy) is 2. The normalized spacial score (nSPS) is 10.4. The monoisotopic (exact) mass is 337 g/mol. The van der Waals surface area contributed by atoms with Crippen molar-refractivity contribution < 1.29 is 18.7 Å². The minimum absolute atomic E-state index is 0.0136. The Kier molecular flexibility index (Phi) is 6.38. The second kappa shape index (κ2) is 8.50. The van der Waals surface area contributed by atoms with Crippen LogP contribution in [0.3, 0.4) is 0 Å². The third-order valence-corrected chi connectivity index (χ3v) is 3.49. The molecule has 0 aliphatic rings. The Morgan fingerprint density at radius 2 is 2.04 bits per heavy atom. The lowest BCUT2D eigenvalue weighted by atomic mass is 10.2. The number of rotatable bonds is 7. The van der Waals surface area contributed by atoms with E-state index in [4.69, 9.17) is 21.1 Å². The molecular weight excluding hydrogens is 321 g/mol. The highest BCUT2D eigenvalue weighted by atomic mass is 35.5. The van der Waals surface area contributed by atoms with Crippen LogP contribution in [0.1, 0.15) is 15.9 Å². The van der Waals surface area contributed by atoms with E-state index in [0.29, 0.717) is 29.5 Å². The van der Waals surface area contributed by atoms with Crippen LogP contribution < -0.4 is 10.1 Å². The van der Waals surface area contributed by atoms with Gasteiger partial charge in [0.1, 0.15) is 18.2 Å². The van der Waals surface area contributed by atoms with Gasteiger partial charge in [0.2, 0.25) is 0 Å². The Balaban J connectivity index is 2.01. The predicted molar refractivity (Wildman–Crippen MR) is 86.4 cm³/mol. The maximum absolute atomic E-state index is 13.7. The highest BCUT2D eigenvalue weighted by molar-refractivity contribution is 6.31. The van der Waals surface area contributed by atoms with E-state index in [1.807, 2.05) is 0 Å². The molecule has 0 aliphatic carbocycles. The van der Waals surface area contributed by atoms with E-state index in [1.54, 1.807) is 37.4 Å². The second-order valence-corrected chi connectivity index (χ2v) is 5.17. The first-order valence-corrected chi connectivity index (χ1v) is 7.42. The molecule has 0 radical (unpaired) electrons. The van der Waals surface area contributed by atoms with Gasteiger partial charge in [-0.3, -0.25) is 4.79 Å². The highest BCUT2D eigenvalue weighted by Gasteiger charge is 2.09. The first-order valence-electron chi connectivity index (χ1n) is 7.04. The molecule has 0 atom stereocenters. The van der Waals surface area contributed by atoms with Crippen LogP contribution in [0.5, 0.6) is 5.75 Å². The summed E-state index contributed by atoms with van der Waals surface area (Å²) in [5, 5.41) is 3.02. The largest absolute Gasteiger partial charge is 0.489 e. The van der Waals surface area contributed by atoms with Crippen LogP contribution >= 0.6 is 11.6 Å². The molecule has 0 saturated heterocycles. The number of hydrogen-bond donors (Lipinski definition) is 1. The van der Waals surface area contributed by atoms with Crippen molar-refractivity contribution >= 4 is 17.5 Å². The summed E-state index contributed by atoms with van der Waals surface area (Å²) in [6, 6.07) is 11.1. The first-order chi connectivity index (χ1) is 11.1. The van der Waals surface area contributed by atoms with Crippen molar-refractivity contribution in [2.24, 2.45) is 0 Å². The van der Waals surface area contributed by atoms with E-state index in [9.17, 15) is 9.18 Å². The molecule has 0 aromatic heterocycles. The fourth-order valence-electron chi connectivity index (χ4n) is 1.92. The van der Waals surface area contributed by atoms with Gasteiger partial charge in [-0.25, -0.2) is 4.39 Å². The Morgan fingerprint density at radius 3 is 2.78 bits per heavy atom. The zero-order valence-corrected chi connectivity index (χ0v) is 13.4. The standard InChI is InChI=1S/C17H17ClFNO3/c1-22-9-8-20-17(21)12-4-2-5-13(10-12)23-11-14-15(18)6-3-7-16(14)19/h2-7,10H,8-9,11H2,1H3,(H,20,21). The number of carbonyl (C=O) groups excluding carboxylic acids is 1. The van der Waals surface area contributed by atoms with Gasteiger partial charge < -0.3 is 14.8 Å². The number of hydrogen-bond acceptors (Lipinski definition) is 3. The summed E-state index contributed by atoms with van der Waals surface area (Å²) in [4.78, 5) is 12.0. The summed E-state index contributed by atoms with van der Waals surface area (Å²) >= 11 is 5.95. The van der Waals surface area contributed by atoms with Crippen molar-refractivity contribution in [3.05, 3.63) is 64.4 Å². The molecular formula is C17H17ClFNO3. The SMILES string of the molecule is COCCNC(=O)c1cccc(OCc2c(F)cccc2Cl)c1. The van der Waals surface area contributed by atoms with Gasteiger partial charge in [0, 0.05) is 24.8 Å². The molecule has 23 heavy (non-hydrogen) atoms. The maximum Gasteiger partial charge on any atom is 0.251 e. The number of carbonyl (C=O) groups is 1. The molecule has 4 nitrogen and oxygen atoms in total. The van der Waals surface area contributed by atoms with Crippen molar-refractivity contribution in [1.29, 1.82) is 0 Å². The summed E-state index contributed by atoms with van der Waals surface area (Å²) in [6.45, 7) is 0.846. The lowest BCUT2D eigenvalue weighted by Gasteiger charge is -2.10. The molecule has 1 amide bonds. The van der Waals surface area contributed by atoms with Gasteiger partial charge in [0.05, 0.1) is 11.6 Å². The summed E-state index contributed by atoms with van der Waals surface area (Å²) in [7, 11) is 1.56. The maximum atomic E-state index is 13.7. The van der Waals surface area contributed by atoms with Gasteiger partial charge in [0.25, 0.3) is 5.91 Å². The number of methoxy groups -OCH3 is 1. The smallest absolute Gasteiger partial charge is 0.251 e. The van der Waals surface area contributed by atoms with E-state index in [0.717, 1.165) is 0 Å². The number of nitrogens with one attached hydrogen (secondary N) is 1. The van der Waals surface area contributed by atoms with Crippen molar-refractivity contribution in [3.63, 3.8) is 0 Å². The molecule has 0 bridgehead atoms. The number of halogens is 2. The lowest BCUT2D eigenvalue weighted by molar-refractivity contribution is 0.0936. The molecule has 122 valence electrons. The van der Waals surface area contributed by atoms with Crippen LogP contribution in [0.2, 0.25) is 5.02 Å². The third-order valence-electron chi connectivity index (χ3n) is 3.13. The molecule has 0 aliphatic heterocycles. The minimum atomic E-state index is -0.425. The Labute approximate surface area is 139 Å². The molecule has 0 saturated carbocycles. The van der Waals surface area contributed by atoms with Crippen molar-refractivity contribution in [2.45, 2.75) is 6.61 Å². The van der Waals surface area contributed by atoms with Crippen LogP contribution in [0.15, 0.2) is 42.5 Å². The van der Waals surface area contributed by atoms with E-state index in [2.05, 4.69) is 5.32 Å². The zero-order chi connectivity index (χ0) is 16.7. The van der Waals surface area contributed by atoms with Gasteiger partial charge in [-0.1, -0.05) is 23.7 Å². The number of benzene rings is 2.